The van der Waals surface area contributed by atoms with Gasteiger partial charge < -0.3 is 14.4 Å². The zero-order valence-corrected chi connectivity index (χ0v) is 17.2. The molecule has 0 spiro atoms. The first-order valence-electron chi connectivity index (χ1n) is 9.99. The minimum absolute atomic E-state index is 0.0715. The molecule has 0 N–H and O–H groups in total. The number of likely N-dealkylation sites (N-methyl/N-ethyl adjacent to an activating group) is 1. The maximum Gasteiger partial charge on any atom is 0.254 e. The SMILES string of the molecule is COc1ccc(CCN(C)C(=O)c2c3c(nc4ccccc24)CCC3)cc1OC. The van der Waals surface area contributed by atoms with Gasteiger partial charge in [0.05, 0.1) is 25.3 Å². The average Bonchev–Trinajstić information content (AvgIpc) is 3.23. The van der Waals surface area contributed by atoms with Gasteiger partial charge >= 0.3 is 0 Å². The molecular weight excluding hydrogens is 364 g/mol. The van der Waals surface area contributed by atoms with Gasteiger partial charge in [0.1, 0.15) is 0 Å². The van der Waals surface area contributed by atoms with Gasteiger partial charge in [0, 0.05) is 24.7 Å². The number of carbonyl (C=O) groups excluding carboxylic acids is 1. The van der Waals surface area contributed by atoms with Gasteiger partial charge in [-0.05, 0) is 55.0 Å². The number of hydrogen-bond acceptors (Lipinski definition) is 4. The van der Waals surface area contributed by atoms with Gasteiger partial charge in [-0.15, -0.1) is 0 Å². The van der Waals surface area contributed by atoms with Gasteiger partial charge in [-0.2, -0.15) is 0 Å². The molecule has 0 saturated heterocycles. The van der Waals surface area contributed by atoms with Crippen molar-refractivity contribution in [1.82, 2.24) is 9.88 Å². The molecule has 0 aliphatic heterocycles. The van der Waals surface area contributed by atoms with Crippen molar-refractivity contribution in [3.8, 4) is 11.5 Å². The summed E-state index contributed by atoms with van der Waals surface area (Å²) in [7, 11) is 5.13. The van der Waals surface area contributed by atoms with E-state index >= 15 is 0 Å². The van der Waals surface area contributed by atoms with E-state index in [1.807, 2.05) is 54.4 Å². The molecule has 1 heterocycles. The van der Waals surface area contributed by atoms with Crippen molar-refractivity contribution >= 4 is 16.8 Å². The minimum atomic E-state index is 0.0715. The highest BCUT2D eigenvalue weighted by molar-refractivity contribution is 6.07. The van der Waals surface area contributed by atoms with Gasteiger partial charge in [-0.3, -0.25) is 9.78 Å². The number of ether oxygens (including phenoxy) is 2. The van der Waals surface area contributed by atoms with Crippen molar-refractivity contribution in [2.45, 2.75) is 25.7 Å². The Hall–Kier alpha value is -3.08. The first kappa shape index (κ1) is 19.2. The van der Waals surface area contributed by atoms with E-state index in [2.05, 4.69) is 0 Å². The smallest absolute Gasteiger partial charge is 0.254 e. The second-order valence-electron chi connectivity index (χ2n) is 7.45. The third-order valence-corrected chi connectivity index (χ3v) is 5.66. The monoisotopic (exact) mass is 390 g/mol. The van der Waals surface area contributed by atoms with Crippen LogP contribution in [0.5, 0.6) is 11.5 Å². The van der Waals surface area contributed by atoms with Crippen LogP contribution in [-0.2, 0) is 19.3 Å². The maximum absolute atomic E-state index is 13.4. The van der Waals surface area contributed by atoms with Crippen LogP contribution >= 0.6 is 0 Å². The Kier molecular flexibility index (Phi) is 5.38. The van der Waals surface area contributed by atoms with Gasteiger partial charge in [-0.1, -0.05) is 24.3 Å². The van der Waals surface area contributed by atoms with E-state index in [1.54, 1.807) is 14.2 Å². The lowest BCUT2D eigenvalue weighted by Crippen LogP contribution is -2.30. The summed E-state index contributed by atoms with van der Waals surface area (Å²) < 4.78 is 10.7. The Bertz CT molecular complexity index is 1060. The fraction of sp³-hybridized carbons (Fsp3) is 0.333. The molecule has 0 fully saturated rings. The first-order chi connectivity index (χ1) is 14.1. The van der Waals surface area contributed by atoms with Gasteiger partial charge in [0.2, 0.25) is 0 Å². The number of aromatic nitrogens is 1. The Labute approximate surface area is 171 Å². The van der Waals surface area contributed by atoms with Crippen molar-refractivity contribution in [1.29, 1.82) is 0 Å². The number of carbonyl (C=O) groups is 1. The zero-order valence-electron chi connectivity index (χ0n) is 17.2. The van der Waals surface area contributed by atoms with Crippen LogP contribution in [0.4, 0.5) is 0 Å². The molecule has 1 aliphatic carbocycles. The summed E-state index contributed by atoms with van der Waals surface area (Å²) in [5.41, 5.74) is 5.06. The summed E-state index contributed by atoms with van der Waals surface area (Å²) in [5.74, 6) is 1.48. The Balaban J connectivity index is 1.58. The van der Waals surface area contributed by atoms with Crippen molar-refractivity contribution in [3.05, 3.63) is 64.8 Å². The molecule has 150 valence electrons. The van der Waals surface area contributed by atoms with E-state index in [-0.39, 0.29) is 5.91 Å². The molecule has 2 aromatic carbocycles. The molecule has 0 saturated carbocycles. The second kappa shape index (κ2) is 8.11. The third kappa shape index (κ3) is 3.65. The molecule has 3 aromatic rings. The Morgan fingerprint density at radius 2 is 1.86 bits per heavy atom. The number of rotatable bonds is 6. The van der Waals surface area contributed by atoms with Gasteiger partial charge in [0.25, 0.3) is 5.91 Å². The lowest BCUT2D eigenvalue weighted by Gasteiger charge is -2.20. The van der Waals surface area contributed by atoms with E-state index in [0.29, 0.717) is 18.0 Å². The fourth-order valence-electron chi connectivity index (χ4n) is 4.08. The van der Waals surface area contributed by atoms with Crippen molar-refractivity contribution < 1.29 is 14.3 Å². The zero-order chi connectivity index (χ0) is 20.4. The molecule has 0 bridgehead atoms. The van der Waals surface area contributed by atoms with Crippen LogP contribution < -0.4 is 9.47 Å². The van der Waals surface area contributed by atoms with E-state index in [0.717, 1.165) is 59.0 Å². The molecule has 29 heavy (non-hydrogen) atoms. The van der Waals surface area contributed by atoms with Crippen LogP contribution in [0.25, 0.3) is 10.9 Å². The Morgan fingerprint density at radius 3 is 2.66 bits per heavy atom. The molecule has 5 nitrogen and oxygen atoms in total. The molecule has 4 rings (SSSR count). The standard InChI is InChI=1S/C24H26N2O3/c1-26(14-13-16-11-12-21(28-2)22(15-16)29-3)24(27)23-17-7-4-5-9-19(17)25-20-10-6-8-18(20)23/h4-5,7,9,11-12,15H,6,8,10,13-14H2,1-3H3. The lowest BCUT2D eigenvalue weighted by molar-refractivity contribution is 0.0797. The van der Waals surface area contributed by atoms with Crippen molar-refractivity contribution in [2.24, 2.45) is 0 Å². The van der Waals surface area contributed by atoms with E-state index in [9.17, 15) is 4.79 Å². The maximum atomic E-state index is 13.4. The van der Waals surface area contributed by atoms with Crippen LogP contribution in [0.2, 0.25) is 0 Å². The average molecular weight is 390 g/mol. The predicted octanol–water partition coefficient (Wildman–Crippen LogP) is 4.06. The summed E-state index contributed by atoms with van der Waals surface area (Å²) in [5, 5.41) is 0.955. The summed E-state index contributed by atoms with van der Waals surface area (Å²) in [6.45, 7) is 0.625. The number of nitrogens with zero attached hydrogens (tertiary/aromatic N) is 2. The van der Waals surface area contributed by atoms with Crippen LogP contribution in [0.15, 0.2) is 42.5 Å². The number of aryl methyl sites for hydroxylation is 1. The number of hydrogen-bond donors (Lipinski definition) is 0. The topological polar surface area (TPSA) is 51.7 Å². The van der Waals surface area contributed by atoms with E-state index in [4.69, 9.17) is 14.5 Å². The third-order valence-electron chi connectivity index (χ3n) is 5.66. The van der Waals surface area contributed by atoms with E-state index < -0.39 is 0 Å². The van der Waals surface area contributed by atoms with Gasteiger partial charge in [0.15, 0.2) is 11.5 Å². The van der Waals surface area contributed by atoms with Crippen LogP contribution in [0.3, 0.4) is 0 Å². The number of amides is 1. The summed E-state index contributed by atoms with van der Waals surface area (Å²) in [6.07, 6.45) is 3.69. The highest BCUT2D eigenvalue weighted by Crippen LogP contribution is 2.31. The molecule has 1 aliphatic rings. The Morgan fingerprint density at radius 1 is 1.07 bits per heavy atom. The van der Waals surface area contributed by atoms with Crippen LogP contribution in [0, 0.1) is 0 Å². The fourth-order valence-corrected chi connectivity index (χ4v) is 4.08. The molecule has 0 radical (unpaired) electrons. The molecule has 1 amide bonds. The molecule has 1 aromatic heterocycles. The van der Waals surface area contributed by atoms with Crippen LogP contribution in [-0.4, -0.2) is 43.6 Å². The summed E-state index contributed by atoms with van der Waals surface area (Å²) in [6, 6.07) is 13.8. The molecule has 0 unspecified atom stereocenters. The summed E-state index contributed by atoms with van der Waals surface area (Å²) in [4.78, 5) is 20.0. The number of fused-ring (bicyclic) bond motifs is 2. The van der Waals surface area contributed by atoms with Gasteiger partial charge in [-0.25, -0.2) is 0 Å². The number of methoxy groups -OCH3 is 2. The molecule has 5 heteroatoms. The van der Waals surface area contributed by atoms with Crippen LogP contribution in [0.1, 0.15) is 33.6 Å². The normalized spacial score (nSPS) is 12.7. The predicted molar refractivity (Wildman–Crippen MR) is 114 cm³/mol. The lowest BCUT2D eigenvalue weighted by atomic mass is 10.00. The molecule has 0 atom stereocenters. The second-order valence-corrected chi connectivity index (χ2v) is 7.45. The number of pyridine rings is 1. The summed E-state index contributed by atoms with van der Waals surface area (Å²) >= 11 is 0. The minimum Gasteiger partial charge on any atom is -0.493 e. The highest BCUT2D eigenvalue weighted by atomic mass is 16.5. The van der Waals surface area contributed by atoms with Crippen molar-refractivity contribution in [2.75, 3.05) is 27.8 Å². The van der Waals surface area contributed by atoms with Crippen molar-refractivity contribution in [3.63, 3.8) is 0 Å². The quantitative estimate of drug-likeness (QED) is 0.637. The number of benzene rings is 2. The first-order valence-corrected chi connectivity index (χ1v) is 9.99. The molecular formula is C24H26N2O3. The largest absolute Gasteiger partial charge is 0.493 e. The number of para-hydroxylation sites is 1. The highest BCUT2D eigenvalue weighted by Gasteiger charge is 2.25. The van der Waals surface area contributed by atoms with E-state index in [1.165, 1.54) is 0 Å².